The van der Waals surface area contributed by atoms with E-state index in [1.54, 1.807) is 20.1 Å². The number of nitrogens with one attached hydrogen (secondary N) is 1. The first kappa shape index (κ1) is 12.4. The highest BCUT2D eigenvalue weighted by atomic mass is 19.1. The van der Waals surface area contributed by atoms with Crippen LogP contribution >= 0.6 is 0 Å². The van der Waals surface area contributed by atoms with Gasteiger partial charge in [-0.25, -0.2) is 4.39 Å². The minimum atomic E-state index is -0.561. The summed E-state index contributed by atoms with van der Waals surface area (Å²) >= 11 is 0. The zero-order valence-corrected chi connectivity index (χ0v) is 9.29. The number of halogens is 1. The van der Waals surface area contributed by atoms with Crippen molar-refractivity contribution < 1.29 is 13.9 Å². The van der Waals surface area contributed by atoms with Crippen LogP contribution in [0.25, 0.3) is 0 Å². The van der Waals surface area contributed by atoms with Crippen LogP contribution in [0.15, 0.2) is 18.2 Å². The van der Waals surface area contributed by atoms with E-state index in [9.17, 15) is 4.39 Å². The number of ether oxygens (including phenoxy) is 2. The average Bonchev–Trinajstić information content (AvgIpc) is 2.17. The summed E-state index contributed by atoms with van der Waals surface area (Å²) in [6.45, 7) is 2.17. The second kappa shape index (κ2) is 5.46. The van der Waals surface area contributed by atoms with E-state index < -0.39 is 5.82 Å². The largest absolute Gasteiger partial charge is 0.487 e. The summed E-state index contributed by atoms with van der Waals surface area (Å²) in [6, 6.07) is 4.33. The number of nitrogens with two attached hydrogens (primary N) is 1. The van der Waals surface area contributed by atoms with Gasteiger partial charge in [-0.1, -0.05) is 6.07 Å². The van der Waals surface area contributed by atoms with Crippen LogP contribution in [-0.2, 0) is 4.74 Å². The van der Waals surface area contributed by atoms with Crippen molar-refractivity contribution in [2.45, 2.75) is 13.0 Å². The zero-order valence-electron chi connectivity index (χ0n) is 9.29. The fourth-order valence-electron chi connectivity index (χ4n) is 1.35. The normalized spacial score (nSPS) is 12.2. The molecule has 0 aliphatic heterocycles. The second-order valence-electron chi connectivity index (χ2n) is 3.41. The van der Waals surface area contributed by atoms with Crippen molar-refractivity contribution in [1.82, 2.24) is 0 Å². The molecule has 0 aliphatic rings. The van der Waals surface area contributed by atoms with E-state index in [1.807, 2.05) is 0 Å². The molecule has 0 aliphatic carbocycles. The molecule has 0 saturated heterocycles. The second-order valence-corrected chi connectivity index (χ2v) is 3.41. The Hall–Kier alpha value is -1.62. The summed E-state index contributed by atoms with van der Waals surface area (Å²) in [5, 5.41) is 7.29. The maximum Gasteiger partial charge on any atom is 0.137 e. The Morgan fingerprint density at radius 1 is 1.56 bits per heavy atom. The van der Waals surface area contributed by atoms with Gasteiger partial charge in [-0.2, -0.15) is 0 Å². The summed E-state index contributed by atoms with van der Waals surface area (Å²) in [7, 11) is 1.55. The first-order chi connectivity index (χ1) is 7.56. The molecule has 0 aromatic heterocycles. The van der Waals surface area contributed by atoms with E-state index in [-0.39, 0.29) is 23.3 Å². The van der Waals surface area contributed by atoms with Crippen LogP contribution < -0.4 is 10.5 Å². The fourth-order valence-corrected chi connectivity index (χ4v) is 1.35. The molecule has 0 heterocycles. The maximum absolute atomic E-state index is 13.4. The minimum Gasteiger partial charge on any atom is -0.487 e. The number of rotatable bonds is 5. The number of benzene rings is 1. The standard InChI is InChI=1S/C11H15FN2O2/c1-7(6-15-2)16-9-5-3-4-8(12)10(9)11(13)14/h3-5,7H,6H2,1-2H3,(H3,13,14). The van der Waals surface area contributed by atoms with E-state index in [2.05, 4.69) is 0 Å². The minimum absolute atomic E-state index is 0.00884. The summed E-state index contributed by atoms with van der Waals surface area (Å²) in [4.78, 5) is 0. The Balaban J connectivity index is 2.95. The predicted molar refractivity (Wildman–Crippen MR) is 59.4 cm³/mol. The smallest absolute Gasteiger partial charge is 0.137 e. The number of nitrogen functional groups attached to an aromatic ring is 1. The molecular weight excluding hydrogens is 211 g/mol. The molecule has 1 unspecified atom stereocenters. The maximum atomic E-state index is 13.4. The molecule has 1 aromatic carbocycles. The quantitative estimate of drug-likeness (QED) is 0.591. The van der Waals surface area contributed by atoms with Crippen LogP contribution in [0.4, 0.5) is 4.39 Å². The third kappa shape index (κ3) is 2.93. The van der Waals surface area contributed by atoms with Crippen molar-refractivity contribution in [1.29, 1.82) is 5.41 Å². The van der Waals surface area contributed by atoms with Crippen LogP contribution in [0.3, 0.4) is 0 Å². The molecular formula is C11H15FN2O2. The number of methoxy groups -OCH3 is 1. The molecule has 0 amide bonds. The van der Waals surface area contributed by atoms with Gasteiger partial charge >= 0.3 is 0 Å². The lowest BCUT2D eigenvalue weighted by atomic mass is 10.1. The summed E-state index contributed by atoms with van der Waals surface area (Å²) in [5.74, 6) is -0.649. The van der Waals surface area contributed by atoms with Crippen molar-refractivity contribution in [3.8, 4) is 5.75 Å². The van der Waals surface area contributed by atoms with Crippen LogP contribution in [-0.4, -0.2) is 25.7 Å². The van der Waals surface area contributed by atoms with Crippen LogP contribution in [0.5, 0.6) is 5.75 Å². The summed E-state index contributed by atoms with van der Waals surface area (Å²) in [6.07, 6.45) is -0.232. The molecule has 3 N–H and O–H groups in total. The number of hydrogen-bond acceptors (Lipinski definition) is 3. The monoisotopic (exact) mass is 226 g/mol. The van der Waals surface area contributed by atoms with Gasteiger partial charge in [0.05, 0.1) is 12.2 Å². The highest BCUT2D eigenvalue weighted by Gasteiger charge is 2.14. The third-order valence-corrected chi connectivity index (χ3v) is 1.97. The lowest BCUT2D eigenvalue weighted by molar-refractivity contribution is 0.0917. The SMILES string of the molecule is COCC(C)Oc1cccc(F)c1C(=N)N. The molecule has 1 aromatic rings. The Morgan fingerprint density at radius 2 is 2.25 bits per heavy atom. The van der Waals surface area contributed by atoms with E-state index in [0.29, 0.717) is 6.61 Å². The lowest BCUT2D eigenvalue weighted by Crippen LogP contribution is -2.21. The van der Waals surface area contributed by atoms with Gasteiger partial charge in [-0.15, -0.1) is 0 Å². The lowest BCUT2D eigenvalue weighted by Gasteiger charge is -2.16. The first-order valence-corrected chi connectivity index (χ1v) is 4.84. The first-order valence-electron chi connectivity index (χ1n) is 4.84. The third-order valence-electron chi connectivity index (χ3n) is 1.97. The zero-order chi connectivity index (χ0) is 12.1. The number of hydrogen-bond donors (Lipinski definition) is 2. The van der Waals surface area contributed by atoms with Crippen molar-refractivity contribution >= 4 is 5.84 Å². The van der Waals surface area contributed by atoms with Gasteiger partial charge in [-0.3, -0.25) is 5.41 Å². The van der Waals surface area contributed by atoms with E-state index in [1.165, 1.54) is 12.1 Å². The summed E-state index contributed by atoms with van der Waals surface area (Å²) < 4.78 is 23.7. The van der Waals surface area contributed by atoms with Gasteiger partial charge in [0.2, 0.25) is 0 Å². The topological polar surface area (TPSA) is 68.3 Å². The molecule has 1 rings (SSSR count). The molecule has 0 fully saturated rings. The Kier molecular flexibility index (Phi) is 4.25. The van der Waals surface area contributed by atoms with E-state index in [4.69, 9.17) is 20.6 Å². The molecule has 1 atom stereocenters. The van der Waals surface area contributed by atoms with Crippen molar-refractivity contribution in [2.75, 3.05) is 13.7 Å². The van der Waals surface area contributed by atoms with Crippen molar-refractivity contribution in [3.63, 3.8) is 0 Å². The number of amidine groups is 1. The summed E-state index contributed by atoms with van der Waals surface area (Å²) in [5.41, 5.74) is 5.29. The van der Waals surface area contributed by atoms with Crippen molar-refractivity contribution in [2.24, 2.45) is 5.73 Å². The van der Waals surface area contributed by atoms with Gasteiger partial charge in [-0.05, 0) is 19.1 Å². The molecule has 0 spiro atoms. The molecule has 0 radical (unpaired) electrons. The van der Waals surface area contributed by atoms with Gasteiger partial charge in [0.1, 0.15) is 23.5 Å². The van der Waals surface area contributed by atoms with Crippen molar-refractivity contribution in [3.05, 3.63) is 29.6 Å². The van der Waals surface area contributed by atoms with Crippen LogP contribution in [0, 0.1) is 11.2 Å². The molecule has 0 saturated carbocycles. The molecule has 4 nitrogen and oxygen atoms in total. The Bertz CT molecular complexity index is 382. The van der Waals surface area contributed by atoms with E-state index in [0.717, 1.165) is 0 Å². The molecule has 0 bridgehead atoms. The molecule has 88 valence electrons. The predicted octanol–water partition coefficient (Wildman–Crippen LogP) is 1.52. The van der Waals surface area contributed by atoms with Crippen LogP contribution in [0.2, 0.25) is 0 Å². The van der Waals surface area contributed by atoms with Gasteiger partial charge in [0, 0.05) is 7.11 Å². The highest BCUT2D eigenvalue weighted by molar-refractivity contribution is 5.97. The van der Waals surface area contributed by atoms with Gasteiger partial charge in [0.15, 0.2) is 0 Å². The molecule has 5 heteroatoms. The Labute approximate surface area is 93.7 Å². The molecule has 16 heavy (non-hydrogen) atoms. The Morgan fingerprint density at radius 3 is 2.81 bits per heavy atom. The highest BCUT2D eigenvalue weighted by Crippen LogP contribution is 2.22. The average molecular weight is 226 g/mol. The van der Waals surface area contributed by atoms with Gasteiger partial charge < -0.3 is 15.2 Å². The van der Waals surface area contributed by atoms with Gasteiger partial charge in [0.25, 0.3) is 0 Å². The van der Waals surface area contributed by atoms with E-state index >= 15 is 0 Å². The fraction of sp³-hybridized carbons (Fsp3) is 0.364. The van der Waals surface area contributed by atoms with Crippen LogP contribution in [0.1, 0.15) is 12.5 Å².